The SMILES string of the molecule is CCC1(CNC2CCOC3(CCSCC3)C2)CCC1. The van der Waals surface area contributed by atoms with Gasteiger partial charge in [-0.1, -0.05) is 13.3 Å². The zero-order chi connectivity index (χ0) is 13.2. The van der Waals surface area contributed by atoms with E-state index in [9.17, 15) is 0 Å². The van der Waals surface area contributed by atoms with Crippen molar-refractivity contribution in [2.75, 3.05) is 24.7 Å². The fourth-order valence-electron chi connectivity index (χ4n) is 3.99. The monoisotopic (exact) mass is 283 g/mol. The molecule has 0 amide bonds. The minimum Gasteiger partial charge on any atom is -0.375 e. The van der Waals surface area contributed by atoms with E-state index in [1.54, 1.807) is 0 Å². The number of ether oxygens (including phenoxy) is 1. The fraction of sp³-hybridized carbons (Fsp3) is 1.00. The summed E-state index contributed by atoms with van der Waals surface area (Å²) >= 11 is 2.10. The Balaban J connectivity index is 1.50. The third kappa shape index (κ3) is 3.14. The summed E-state index contributed by atoms with van der Waals surface area (Å²) in [7, 11) is 0. The fourth-order valence-corrected chi connectivity index (χ4v) is 5.22. The predicted octanol–water partition coefficient (Wildman–Crippen LogP) is 3.60. The lowest BCUT2D eigenvalue weighted by Crippen LogP contribution is -2.51. The quantitative estimate of drug-likeness (QED) is 0.852. The molecule has 1 N–H and O–H groups in total. The minimum absolute atomic E-state index is 0.236. The molecule has 1 spiro atoms. The number of nitrogens with one attached hydrogen (secondary N) is 1. The van der Waals surface area contributed by atoms with Crippen LogP contribution in [0.1, 0.15) is 58.3 Å². The van der Waals surface area contributed by atoms with E-state index in [0.717, 1.165) is 6.61 Å². The Kier molecular flexibility index (Phi) is 4.45. The molecule has 3 fully saturated rings. The van der Waals surface area contributed by atoms with Crippen LogP contribution in [0.25, 0.3) is 0 Å². The van der Waals surface area contributed by atoms with E-state index in [-0.39, 0.29) is 5.60 Å². The molecule has 110 valence electrons. The Morgan fingerprint density at radius 3 is 2.63 bits per heavy atom. The van der Waals surface area contributed by atoms with Crippen LogP contribution < -0.4 is 5.32 Å². The maximum Gasteiger partial charge on any atom is 0.0713 e. The Bertz CT molecular complexity index is 286. The Hall–Kier alpha value is 0.270. The molecule has 0 aromatic rings. The maximum absolute atomic E-state index is 6.18. The van der Waals surface area contributed by atoms with Gasteiger partial charge in [0.1, 0.15) is 0 Å². The molecular weight excluding hydrogens is 254 g/mol. The molecule has 1 atom stereocenters. The van der Waals surface area contributed by atoms with Crippen molar-refractivity contribution in [2.45, 2.75) is 69.9 Å². The van der Waals surface area contributed by atoms with Crippen LogP contribution in [0, 0.1) is 5.41 Å². The van der Waals surface area contributed by atoms with E-state index in [2.05, 4.69) is 24.0 Å². The Morgan fingerprint density at radius 2 is 2.00 bits per heavy atom. The molecule has 1 aliphatic carbocycles. The van der Waals surface area contributed by atoms with Crippen LogP contribution in [0.15, 0.2) is 0 Å². The highest BCUT2D eigenvalue weighted by Gasteiger charge is 2.40. The first-order valence-corrected chi connectivity index (χ1v) is 9.37. The molecule has 0 radical (unpaired) electrons. The van der Waals surface area contributed by atoms with Gasteiger partial charge in [-0.3, -0.25) is 0 Å². The number of thioether (sulfide) groups is 1. The zero-order valence-corrected chi connectivity index (χ0v) is 13.2. The molecular formula is C16H29NOS. The van der Waals surface area contributed by atoms with Crippen molar-refractivity contribution < 1.29 is 4.74 Å². The smallest absolute Gasteiger partial charge is 0.0713 e. The summed E-state index contributed by atoms with van der Waals surface area (Å²) in [6, 6.07) is 0.709. The van der Waals surface area contributed by atoms with Gasteiger partial charge in [0.2, 0.25) is 0 Å². The summed E-state index contributed by atoms with van der Waals surface area (Å²) < 4.78 is 6.18. The van der Waals surface area contributed by atoms with Crippen molar-refractivity contribution in [1.82, 2.24) is 5.32 Å². The van der Waals surface area contributed by atoms with Crippen LogP contribution in [-0.4, -0.2) is 36.3 Å². The van der Waals surface area contributed by atoms with Gasteiger partial charge in [0.25, 0.3) is 0 Å². The second kappa shape index (κ2) is 5.95. The van der Waals surface area contributed by atoms with Crippen molar-refractivity contribution in [3.63, 3.8) is 0 Å². The molecule has 19 heavy (non-hydrogen) atoms. The van der Waals surface area contributed by atoms with Gasteiger partial charge in [0.15, 0.2) is 0 Å². The summed E-state index contributed by atoms with van der Waals surface area (Å²) in [4.78, 5) is 0. The highest BCUT2D eigenvalue weighted by molar-refractivity contribution is 7.99. The Morgan fingerprint density at radius 1 is 1.21 bits per heavy atom. The van der Waals surface area contributed by atoms with Crippen molar-refractivity contribution in [3.8, 4) is 0 Å². The van der Waals surface area contributed by atoms with Gasteiger partial charge in [-0.2, -0.15) is 11.8 Å². The molecule has 3 rings (SSSR count). The lowest BCUT2D eigenvalue weighted by Gasteiger charge is -2.46. The van der Waals surface area contributed by atoms with Crippen molar-refractivity contribution >= 4 is 11.8 Å². The molecule has 0 aromatic carbocycles. The molecule has 3 aliphatic rings. The van der Waals surface area contributed by atoms with E-state index >= 15 is 0 Å². The first-order chi connectivity index (χ1) is 9.26. The van der Waals surface area contributed by atoms with Crippen LogP contribution in [-0.2, 0) is 4.74 Å². The van der Waals surface area contributed by atoms with Gasteiger partial charge in [-0.05, 0) is 61.9 Å². The van der Waals surface area contributed by atoms with Crippen molar-refractivity contribution in [3.05, 3.63) is 0 Å². The van der Waals surface area contributed by atoms with E-state index in [1.807, 2.05) is 0 Å². The van der Waals surface area contributed by atoms with Gasteiger partial charge in [0.05, 0.1) is 5.60 Å². The van der Waals surface area contributed by atoms with Gasteiger partial charge in [0, 0.05) is 19.2 Å². The van der Waals surface area contributed by atoms with E-state index in [4.69, 9.17) is 4.74 Å². The first kappa shape index (κ1) is 14.2. The highest BCUT2D eigenvalue weighted by Crippen LogP contribution is 2.44. The lowest BCUT2D eigenvalue weighted by molar-refractivity contribution is -0.0946. The Labute approximate surface area is 122 Å². The maximum atomic E-state index is 6.18. The minimum atomic E-state index is 0.236. The number of rotatable bonds is 4. The molecule has 0 bridgehead atoms. The van der Waals surface area contributed by atoms with Gasteiger partial charge in [-0.25, -0.2) is 0 Å². The second-order valence-corrected chi connectivity index (χ2v) is 8.15. The molecule has 1 unspecified atom stereocenters. The van der Waals surface area contributed by atoms with Crippen molar-refractivity contribution in [1.29, 1.82) is 0 Å². The van der Waals surface area contributed by atoms with Crippen LogP contribution >= 0.6 is 11.8 Å². The van der Waals surface area contributed by atoms with E-state index in [0.29, 0.717) is 11.5 Å². The topological polar surface area (TPSA) is 21.3 Å². The predicted molar refractivity (Wildman–Crippen MR) is 82.8 cm³/mol. The van der Waals surface area contributed by atoms with E-state index < -0.39 is 0 Å². The molecule has 2 nitrogen and oxygen atoms in total. The van der Waals surface area contributed by atoms with Crippen molar-refractivity contribution in [2.24, 2.45) is 5.41 Å². The average molecular weight is 283 g/mol. The van der Waals surface area contributed by atoms with Gasteiger partial charge in [-0.15, -0.1) is 0 Å². The van der Waals surface area contributed by atoms with Crippen LogP contribution in [0.2, 0.25) is 0 Å². The summed E-state index contributed by atoms with van der Waals surface area (Å²) in [5.41, 5.74) is 0.883. The number of hydrogen-bond acceptors (Lipinski definition) is 3. The molecule has 1 saturated carbocycles. The third-order valence-electron chi connectivity index (χ3n) is 5.83. The first-order valence-electron chi connectivity index (χ1n) is 8.21. The normalized spacial score (nSPS) is 33.0. The molecule has 2 saturated heterocycles. The summed E-state index contributed by atoms with van der Waals surface area (Å²) in [6.07, 6.45) is 10.7. The zero-order valence-electron chi connectivity index (χ0n) is 12.4. The van der Waals surface area contributed by atoms with Crippen LogP contribution in [0.3, 0.4) is 0 Å². The van der Waals surface area contributed by atoms with E-state index in [1.165, 1.54) is 69.4 Å². The molecule has 2 heterocycles. The standard InChI is InChI=1S/C16H29NOS/c1-2-15(5-3-6-15)13-17-14-4-9-18-16(12-14)7-10-19-11-8-16/h14,17H,2-13H2,1H3. The van der Waals surface area contributed by atoms with Crippen LogP contribution in [0.4, 0.5) is 0 Å². The molecule has 0 aromatic heterocycles. The summed E-state index contributed by atoms with van der Waals surface area (Å²) in [5.74, 6) is 2.59. The van der Waals surface area contributed by atoms with Gasteiger partial charge >= 0.3 is 0 Å². The number of hydrogen-bond donors (Lipinski definition) is 1. The lowest BCUT2D eigenvalue weighted by atomic mass is 9.67. The van der Waals surface area contributed by atoms with Crippen LogP contribution in [0.5, 0.6) is 0 Å². The largest absolute Gasteiger partial charge is 0.375 e. The highest BCUT2D eigenvalue weighted by atomic mass is 32.2. The average Bonchev–Trinajstić information content (AvgIpc) is 2.39. The molecule has 3 heteroatoms. The summed E-state index contributed by atoms with van der Waals surface area (Å²) in [5, 5.41) is 3.90. The second-order valence-electron chi connectivity index (χ2n) is 6.92. The summed E-state index contributed by atoms with van der Waals surface area (Å²) in [6.45, 7) is 4.59. The van der Waals surface area contributed by atoms with Gasteiger partial charge < -0.3 is 10.1 Å². The molecule has 2 aliphatic heterocycles. The third-order valence-corrected chi connectivity index (χ3v) is 6.81.